The van der Waals surface area contributed by atoms with E-state index in [-0.39, 0.29) is 10.3 Å². The third kappa shape index (κ3) is 2.34. The van der Waals surface area contributed by atoms with Crippen molar-refractivity contribution in [3.8, 4) is 0 Å². The summed E-state index contributed by atoms with van der Waals surface area (Å²) in [5, 5.41) is 3.27. The molecule has 24 heavy (non-hydrogen) atoms. The Morgan fingerprint density at radius 3 is 2.83 bits per heavy atom. The Bertz CT molecular complexity index is 789. The van der Waals surface area contributed by atoms with Crippen molar-refractivity contribution in [1.82, 2.24) is 5.32 Å². The Hall–Kier alpha value is -2.15. The minimum atomic E-state index is -0.443. The molecule has 0 fully saturated rings. The number of benzene rings is 1. The van der Waals surface area contributed by atoms with Gasteiger partial charge in [-0.1, -0.05) is 0 Å². The van der Waals surface area contributed by atoms with E-state index in [0.29, 0.717) is 49.5 Å². The summed E-state index contributed by atoms with van der Waals surface area (Å²) in [6.07, 6.45) is 1.53. The van der Waals surface area contributed by atoms with E-state index in [0.717, 1.165) is 11.3 Å². The van der Waals surface area contributed by atoms with Gasteiger partial charge in [0.05, 0.1) is 11.1 Å². The van der Waals surface area contributed by atoms with Gasteiger partial charge in [0.1, 0.15) is 17.2 Å². The first-order chi connectivity index (χ1) is 11.6. The van der Waals surface area contributed by atoms with Gasteiger partial charge in [-0.2, -0.15) is 0 Å². The molecular weight excluding hydrogens is 379 g/mol. The summed E-state index contributed by atoms with van der Waals surface area (Å²) in [5.74, 6) is -0.880. The van der Waals surface area contributed by atoms with Gasteiger partial charge >= 0.3 is 5.97 Å². The second-order valence-corrected chi connectivity index (χ2v) is 6.73. The van der Waals surface area contributed by atoms with Crippen molar-refractivity contribution in [2.45, 2.75) is 19.3 Å². The number of hydrogen-bond acceptors (Lipinski definition) is 5. The summed E-state index contributed by atoms with van der Waals surface area (Å²) in [6.45, 7) is 0.931. The fraction of sp³-hybridized carbons (Fsp3) is 0.294. The van der Waals surface area contributed by atoms with Crippen LogP contribution in [0.5, 0.6) is 0 Å². The van der Waals surface area contributed by atoms with Crippen LogP contribution in [0.3, 0.4) is 0 Å². The van der Waals surface area contributed by atoms with E-state index in [9.17, 15) is 14.0 Å². The largest absolute Gasteiger partial charge is 0.461 e. The second-order valence-electron chi connectivity index (χ2n) is 5.88. The number of nitrogens with zero attached hydrogens (tertiary/aromatic N) is 1. The average molecular weight is 393 g/mol. The summed E-state index contributed by atoms with van der Waals surface area (Å²) in [5.41, 5.74) is 3.15. The third-order valence-electron chi connectivity index (χ3n) is 4.40. The summed E-state index contributed by atoms with van der Waals surface area (Å²) >= 11 is 3.17. The van der Waals surface area contributed by atoms with Crippen LogP contribution in [0.1, 0.15) is 19.3 Å². The molecule has 1 aromatic rings. The lowest BCUT2D eigenvalue weighted by molar-refractivity contribution is -0.140. The number of Topliss-reactive ketones (excluding diaryl/α,β-unsaturated/α-hetero) is 1. The zero-order valence-electron chi connectivity index (χ0n) is 12.7. The van der Waals surface area contributed by atoms with E-state index in [1.165, 1.54) is 6.07 Å². The fourth-order valence-corrected chi connectivity index (χ4v) is 3.70. The molecule has 0 unspecified atom stereocenters. The number of rotatable bonds is 1. The molecule has 3 aliphatic heterocycles. The van der Waals surface area contributed by atoms with Gasteiger partial charge in [-0.3, -0.25) is 9.69 Å². The Morgan fingerprint density at radius 2 is 2.04 bits per heavy atom. The van der Waals surface area contributed by atoms with Crippen molar-refractivity contribution in [3.63, 3.8) is 0 Å². The van der Waals surface area contributed by atoms with Gasteiger partial charge in [0, 0.05) is 37.2 Å². The molecule has 5 nitrogen and oxygen atoms in total. The smallest absolute Gasteiger partial charge is 0.355 e. The number of nitrogens with one attached hydrogen (secondary N) is 1. The lowest BCUT2D eigenvalue weighted by Crippen LogP contribution is -2.43. The molecule has 7 heteroatoms. The molecule has 0 spiro atoms. The van der Waals surface area contributed by atoms with Crippen LogP contribution in [-0.2, 0) is 14.3 Å². The van der Waals surface area contributed by atoms with Crippen LogP contribution in [0, 0.1) is 5.82 Å². The number of cyclic esters (lactones) is 1. The molecular formula is C17H14BrFN2O3. The van der Waals surface area contributed by atoms with E-state index in [1.54, 1.807) is 17.0 Å². The number of ether oxygens (including phenoxy) is 1. The summed E-state index contributed by atoms with van der Waals surface area (Å²) in [7, 11) is 0. The molecule has 0 atom stereocenters. The summed E-state index contributed by atoms with van der Waals surface area (Å²) in [4.78, 5) is 26.5. The minimum absolute atomic E-state index is 0.0332. The first-order valence-electron chi connectivity index (χ1n) is 7.71. The molecule has 0 saturated heterocycles. The van der Waals surface area contributed by atoms with Crippen LogP contribution in [0.25, 0.3) is 0 Å². The van der Waals surface area contributed by atoms with Gasteiger partial charge in [0.15, 0.2) is 5.78 Å². The highest BCUT2D eigenvalue weighted by Crippen LogP contribution is 2.40. The maximum Gasteiger partial charge on any atom is 0.355 e. The number of anilines is 1. The number of hydrogen-bond donors (Lipinski definition) is 1. The zero-order valence-corrected chi connectivity index (χ0v) is 14.3. The van der Waals surface area contributed by atoms with Gasteiger partial charge < -0.3 is 10.1 Å². The van der Waals surface area contributed by atoms with Gasteiger partial charge in [-0.15, -0.1) is 0 Å². The van der Waals surface area contributed by atoms with E-state index in [1.807, 2.05) is 0 Å². The minimum Gasteiger partial charge on any atom is -0.461 e. The van der Waals surface area contributed by atoms with E-state index >= 15 is 0 Å². The molecule has 124 valence electrons. The highest BCUT2D eigenvalue weighted by Gasteiger charge is 2.39. The van der Waals surface area contributed by atoms with Gasteiger partial charge in [0.25, 0.3) is 0 Å². The van der Waals surface area contributed by atoms with E-state index < -0.39 is 11.8 Å². The molecule has 0 amide bonds. The molecule has 0 aliphatic carbocycles. The second kappa shape index (κ2) is 5.73. The number of allylic oxidation sites excluding steroid dienone is 2. The highest BCUT2D eigenvalue weighted by molar-refractivity contribution is 9.10. The standard InChI is InChI=1S/C17H14BrFN2O3/c18-11-8-10(1-2-12(11)19)21-15-9(4-6-24-17(15)23)7-13-16(21)14(22)3-5-20-13/h1-2,8,20H,3-7H2. The van der Waals surface area contributed by atoms with Crippen molar-refractivity contribution in [3.05, 3.63) is 51.2 Å². The maximum absolute atomic E-state index is 13.6. The molecule has 0 radical (unpaired) electrons. The Kier molecular flexibility index (Phi) is 3.68. The average Bonchev–Trinajstić information content (AvgIpc) is 2.56. The van der Waals surface area contributed by atoms with Gasteiger partial charge in [-0.25, -0.2) is 9.18 Å². The number of carbonyl (C=O) groups is 2. The normalized spacial score (nSPS) is 20.5. The first-order valence-corrected chi connectivity index (χ1v) is 8.50. The molecule has 3 aliphatic rings. The van der Waals surface area contributed by atoms with Crippen molar-refractivity contribution in [2.75, 3.05) is 18.1 Å². The summed E-state index contributed by atoms with van der Waals surface area (Å²) < 4.78 is 19.1. The predicted molar refractivity (Wildman–Crippen MR) is 88.5 cm³/mol. The lowest BCUT2D eigenvalue weighted by Gasteiger charge is -2.39. The maximum atomic E-state index is 13.6. The first kappa shape index (κ1) is 15.4. The van der Waals surface area contributed by atoms with Crippen LogP contribution >= 0.6 is 15.9 Å². The fourth-order valence-electron chi connectivity index (χ4n) is 3.33. The monoisotopic (exact) mass is 392 g/mol. The van der Waals surface area contributed by atoms with Crippen molar-refractivity contribution in [1.29, 1.82) is 0 Å². The molecule has 3 heterocycles. The Balaban J connectivity index is 1.92. The van der Waals surface area contributed by atoms with Crippen LogP contribution in [0.2, 0.25) is 0 Å². The van der Waals surface area contributed by atoms with E-state index in [2.05, 4.69) is 21.2 Å². The van der Waals surface area contributed by atoms with Crippen LogP contribution in [0.15, 0.2) is 45.3 Å². The third-order valence-corrected chi connectivity index (χ3v) is 5.01. The number of carbonyl (C=O) groups excluding carboxylic acids is 2. The summed E-state index contributed by atoms with van der Waals surface area (Å²) in [6, 6.07) is 4.44. The number of halogens is 2. The molecule has 0 aromatic heterocycles. The highest BCUT2D eigenvalue weighted by atomic mass is 79.9. The van der Waals surface area contributed by atoms with Crippen molar-refractivity contribution >= 4 is 33.4 Å². The zero-order chi connectivity index (χ0) is 16.8. The predicted octanol–water partition coefficient (Wildman–Crippen LogP) is 2.77. The molecule has 0 bridgehead atoms. The number of esters is 1. The van der Waals surface area contributed by atoms with Crippen LogP contribution < -0.4 is 10.2 Å². The Morgan fingerprint density at radius 1 is 1.21 bits per heavy atom. The van der Waals surface area contributed by atoms with Gasteiger partial charge in [0.2, 0.25) is 0 Å². The topological polar surface area (TPSA) is 58.6 Å². The van der Waals surface area contributed by atoms with Crippen molar-refractivity contribution in [2.24, 2.45) is 0 Å². The van der Waals surface area contributed by atoms with Crippen LogP contribution in [-0.4, -0.2) is 24.9 Å². The molecule has 1 N–H and O–H groups in total. The lowest BCUT2D eigenvalue weighted by atomic mass is 9.92. The SMILES string of the molecule is O=C1CCNC2=C1N(c1ccc(F)c(Br)c1)C1=C(CCOC1=O)C2. The van der Waals surface area contributed by atoms with Crippen LogP contribution in [0.4, 0.5) is 10.1 Å². The molecule has 1 aromatic carbocycles. The number of ketones is 1. The van der Waals surface area contributed by atoms with Crippen molar-refractivity contribution < 1.29 is 18.7 Å². The quantitative estimate of drug-likeness (QED) is 0.744. The molecule has 0 saturated carbocycles. The Labute approximate surface area is 146 Å². The van der Waals surface area contributed by atoms with E-state index in [4.69, 9.17) is 4.74 Å². The van der Waals surface area contributed by atoms with Gasteiger partial charge in [-0.05, 0) is 39.7 Å². The molecule has 4 rings (SSSR count).